The molecule has 1 saturated heterocycles. The van der Waals surface area contributed by atoms with E-state index in [4.69, 9.17) is 0 Å². The highest BCUT2D eigenvalue weighted by Gasteiger charge is 2.32. The minimum absolute atomic E-state index is 0.0228. The molecule has 4 rings (SSSR count). The predicted octanol–water partition coefficient (Wildman–Crippen LogP) is 2.25. The summed E-state index contributed by atoms with van der Waals surface area (Å²) in [6, 6.07) is 7.14. The first-order valence-corrected chi connectivity index (χ1v) is 11.9. The summed E-state index contributed by atoms with van der Waals surface area (Å²) in [7, 11) is 0.246. The number of hydrogen-bond acceptors (Lipinski definition) is 4. The van der Waals surface area contributed by atoms with Crippen LogP contribution in [0.15, 0.2) is 35.4 Å². The number of nitrogens with one attached hydrogen (secondary N) is 1. The molecule has 0 spiro atoms. The molecule has 1 aliphatic heterocycles. The third-order valence-electron chi connectivity index (χ3n) is 6.42. The maximum Gasteiger partial charge on any atom is 0.243 e. The van der Waals surface area contributed by atoms with Gasteiger partial charge in [0.15, 0.2) is 0 Å². The smallest absolute Gasteiger partial charge is 0.243 e. The summed E-state index contributed by atoms with van der Waals surface area (Å²) < 4.78 is 31.5. The molecule has 0 atom stereocenters. The van der Waals surface area contributed by atoms with Crippen LogP contribution in [0, 0.1) is 19.8 Å². The predicted molar refractivity (Wildman–Crippen MR) is 119 cm³/mol. The zero-order chi connectivity index (χ0) is 22.3. The number of rotatable bonds is 5. The Hall–Kier alpha value is -2.65. The van der Waals surface area contributed by atoms with E-state index in [1.54, 1.807) is 12.1 Å². The maximum atomic E-state index is 13.1. The lowest BCUT2D eigenvalue weighted by Gasteiger charge is -2.30. The van der Waals surface area contributed by atoms with E-state index in [9.17, 15) is 13.2 Å². The van der Waals surface area contributed by atoms with Crippen LogP contribution in [0.4, 0.5) is 0 Å². The highest BCUT2D eigenvalue weighted by atomic mass is 32.2. The monoisotopic (exact) mass is 443 g/mol. The van der Waals surface area contributed by atoms with Gasteiger partial charge in [-0.05, 0) is 51.0 Å². The number of amides is 1. The molecule has 1 aliphatic rings. The van der Waals surface area contributed by atoms with E-state index in [0.717, 1.165) is 27.9 Å². The quantitative estimate of drug-likeness (QED) is 0.655. The van der Waals surface area contributed by atoms with Crippen molar-refractivity contribution < 1.29 is 13.2 Å². The van der Waals surface area contributed by atoms with Gasteiger partial charge >= 0.3 is 0 Å². The van der Waals surface area contributed by atoms with Crippen LogP contribution in [0.1, 0.15) is 29.8 Å². The van der Waals surface area contributed by atoms with Crippen molar-refractivity contribution in [3.63, 3.8) is 0 Å². The normalized spacial score (nSPS) is 16.1. The number of sulfonamides is 1. The highest BCUT2D eigenvalue weighted by molar-refractivity contribution is 7.89. The van der Waals surface area contributed by atoms with Crippen molar-refractivity contribution in [2.45, 2.75) is 38.1 Å². The number of aryl methyl sites for hydroxylation is 3. The van der Waals surface area contributed by atoms with Gasteiger partial charge in [-0.15, -0.1) is 0 Å². The summed E-state index contributed by atoms with van der Waals surface area (Å²) in [6.07, 6.45) is 2.95. The molecule has 1 amide bonds. The van der Waals surface area contributed by atoms with E-state index in [1.165, 1.54) is 4.31 Å². The van der Waals surface area contributed by atoms with E-state index >= 15 is 0 Å². The number of hydrogen-bond donors (Lipinski definition) is 1. The Kier molecular flexibility index (Phi) is 5.65. The lowest BCUT2D eigenvalue weighted by atomic mass is 9.97. The Labute approximate surface area is 182 Å². The number of nitrogens with zero attached hydrogens (tertiary/aromatic N) is 4. The molecule has 1 aromatic carbocycles. The first kappa shape index (κ1) is 21.6. The van der Waals surface area contributed by atoms with E-state index in [1.807, 2.05) is 55.5 Å². The minimum Gasteiger partial charge on any atom is -0.352 e. The largest absolute Gasteiger partial charge is 0.352 e. The standard InChI is InChI=1S/C22H29N5O3S/c1-15-20(16(2)26(4)24-15)14-23-22(28)17-8-11-27(12-9-17)31(29,30)19-5-6-21-18(13-19)7-10-25(21)3/h5-7,10,13,17H,8-9,11-12,14H2,1-4H3,(H,23,28). The van der Waals surface area contributed by atoms with Gasteiger partial charge in [-0.2, -0.15) is 9.40 Å². The molecule has 1 N–H and O–H groups in total. The van der Waals surface area contributed by atoms with Crippen molar-refractivity contribution in [2.75, 3.05) is 13.1 Å². The molecule has 2 aromatic heterocycles. The third kappa shape index (κ3) is 3.99. The fourth-order valence-electron chi connectivity index (χ4n) is 4.32. The van der Waals surface area contributed by atoms with Crippen molar-refractivity contribution in [1.29, 1.82) is 0 Å². The third-order valence-corrected chi connectivity index (χ3v) is 8.31. The molecule has 1 fully saturated rings. The number of benzene rings is 1. The molecule has 0 unspecified atom stereocenters. The molecule has 31 heavy (non-hydrogen) atoms. The highest BCUT2D eigenvalue weighted by Crippen LogP contribution is 2.26. The van der Waals surface area contributed by atoms with Crippen LogP contribution in [0.3, 0.4) is 0 Å². The molecular formula is C22H29N5O3S. The molecular weight excluding hydrogens is 414 g/mol. The SMILES string of the molecule is Cc1nn(C)c(C)c1CNC(=O)C1CCN(S(=O)(=O)c2ccc3c(ccn3C)c2)CC1. The first-order chi connectivity index (χ1) is 14.7. The second-order valence-electron chi connectivity index (χ2n) is 8.32. The van der Waals surface area contributed by atoms with Crippen LogP contribution in [0.2, 0.25) is 0 Å². The molecule has 166 valence electrons. The molecule has 3 aromatic rings. The van der Waals surface area contributed by atoms with Crippen LogP contribution in [0.5, 0.6) is 0 Å². The molecule has 9 heteroatoms. The number of fused-ring (bicyclic) bond motifs is 1. The summed E-state index contributed by atoms with van der Waals surface area (Å²) in [5.41, 5.74) is 3.98. The number of aromatic nitrogens is 3. The van der Waals surface area contributed by atoms with E-state index < -0.39 is 10.0 Å². The van der Waals surface area contributed by atoms with Gasteiger partial charge < -0.3 is 9.88 Å². The Morgan fingerprint density at radius 3 is 2.52 bits per heavy atom. The van der Waals surface area contributed by atoms with Gasteiger partial charge in [0.2, 0.25) is 15.9 Å². The van der Waals surface area contributed by atoms with Gasteiger partial charge in [0, 0.05) is 68.0 Å². The van der Waals surface area contributed by atoms with Crippen LogP contribution in [0.25, 0.3) is 10.9 Å². The molecule has 0 radical (unpaired) electrons. The second-order valence-corrected chi connectivity index (χ2v) is 10.3. The van der Waals surface area contributed by atoms with Gasteiger partial charge in [-0.1, -0.05) is 0 Å². The summed E-state index contributed by atoms with van der Waals surface area (Å²) >= 11 is 0. The minimum atomic E-state index is -3.58. The lowest BCUT2D eigenvalue weighted by Crippen LogP contribution is -2.42. The average molecular weight is 444 g/mol. The molecule has 0 saturated carbocycles. The zero-order valence-corrected chi connectivity index (χ0v) is 19.2. The van der Waals surface area contributed by atoms with Crippen molar-refractivity contribution in [2.24, 2.45) is 20.0 Å². The Balaban J connectivity index is 1.38. The Morgan fingerprint density at radius 1 is 1.16 bits per heavy atom. The Bertz CT molecular complexity index is 1230. The number of piperidine rings is 1. The van der Waals surface area contributed by atoms with E-state index in [0.29, 0.717) is 37.4 Å². The van der Waals surface area contributed by atoms with E-state index in [-0.39, 0.29) is 11.8 Å². The van der Waals surface area contributed by atoms with Crippen LogP contribution >= 0.6 is 0 Å². The molecule has 3 heterocycles. The lowest BCUT2D eigenvalue weighted by molar-refractivity contribution is -0.126. The van der Waals surface area contributed by atoms with Crippen molar-refractivity contribution in [3.05, 3.63) is 47.4 Å². The number of carbonyl (C=O) groups excluding carboxylic acids is 1. The molecule has 8 nitrogen and oxygen atoms in total. The second kappa shape index (κ2) is 8.12. The number of carbonyl (C=O) groups is 1. The summed E-state index contributed by atoms with van der Waals surface area (Å²) in [4.78, 5) is 13.0. The van der Waals surface area contributed by atoms with Gasteiger partial charge in [-0.3, -0.25) is 9.48 Å². The topological polar surface area (TPSA) is 89.2 Å². The molecule has 0 bridgehead atoms. The molecule has 0 aliphatic carbocycles. The zero-order valence-electron chi connectivity index (χ0n) is 18.4. The van der Waals surface area contributed by atoms with Gasteiger partial charge in [0.25, 0.3) is 0 Å². The van der Waals surface area contributed by atoms with Gasteiger partial charge in [0.05, 0.1) is 10.6 Å². The van der Waals surface area contributed by atoms with E-state index in [2.05, 4.69) is 10.4 Å². The maximum absolute atomic E-state index is 13.1. The summed E-state index contributed by atoms with van der Waals surface area (Å²) in [5.74, 6) is -0.203. The van der Waals surface area contributed by atoms with Crippen molar-refractivity contribution in [3.8, 4) is 0 Å². The van der Waals surface area contributed by atoms with Crippen molar-refractivity contribution in [1.82, 2.24) is 24.0 Å². The van der Waals surface area contributed by atoms with Crippen molar-refractivity contribution >= 4 is 26.8 Å². The first-order valence-electron chi connectivity index (χ1n) is 10.5. The van der Waals surface area contributed by atoms with Crippen LogP contribution in [-0.4, -0.2) is 46.1 Å². The average Bonchev–Trinajstić information content (AvgIpc) is 3.24. The summed E-state index contributed by atoms with van der Waals surface area (Å²) in [6.45, 7) is 5.05. The summed E-state index contributed by atoms with van der Waals surface area (Å²) in [5, 5.41) is 8.29. The van der Waals surface area contributed by atoms with Crippen LogP contribution < -0.4 is 5.32 Å². The van der Waals surface area contributed by atoms with Crippen LogP contribution in [-0.2, 0) is 35.5 Å². The Morgan fingerprint density at radius 2 is 1.87 bits per heavy atom. The fraction of sp³-hybridized carbons (Fsp3) is 0.455. The van der Waals surface area contributed by atoms with Gasteiger partial charge in [0.1, 0.15) is 0 Å². The van der Waals surface area contributed by atoms with Gasteiger partial charge in [-0.25, -0.2) is 8.42 Å². The fourth-order valence-corrected chi connectivity index (χ4v) is 5.83.